The Balaban J connectivity index is 3.22. The van der Waals surface area contributed by atoms with Crippen LogP contribution < -0.4 is 5.32 Å². The second kappa shape index (κ2) is 6.05. The van der Waals surface area contributed by atoms with E-state index < -0.39 is 17.6 Å². The van der Waals surface area contributed by atoms with Gasteiger partial charge >= 0.3 is 12.1 Å². The minimum absolute atomic E-state index is 0.360. The van der Waals surface area contributed by atoms with Crippen LogP contribution in [-0.2, 0) is 19.8 Å². The fourth-order valence-corrected chi connectivity index (χ4v) is 1.80. The molecule has 0 aliphatic heterocycles. The molecule has 0 heterocycles. The highest BCUT2D eigenvalue weighted by Gasteiger charge is 2.41. The van der Waals surface area contributed by atoms with Gasteiger partial charge in [0.15, 0.2) is 5.54 Å². The van der Waals surface area contributed by atoms with Gasteiger partial charge in [0.25, 0.3) is 0 Å². The van der Waals surface area contributed by atoms with E-state index in [-0.39, 0.29) is 0 Å². The summed E-state index contributed by atoms with van der Waals surface area (Å²) in [5.41, 5.74) is -0.562. The first-order chi connectivity index (χ1) is 8.60. The van der Waals surface area contributed by atoms with Gasteiger partial charge < -0.3 is 14.8 Å². The maximum atomic E-state index is 12.0. The number of benzene rings is 1. The quantitative estimate of drug-likeness (QED) is 0.829. The third-order valence-corrected chi connectivity index (χ3v) is 2.83. The largest absolute Gasteiger partial charge is 0.467 e. The summed E-state index contributed by atoms with van der Waals surface area (Å²) in [6.07, 6.45) is -0.315. The Morgan fingerprint density at radius 3 is 2.22 bits per heavy atom. The van der Waals surface area contributed by atoms with Crippen LogP contribution in [0.4, 0.5) is 4.79 Å². The molecule has 0 radical (unpaired) electrons. The molecule has 0 aliphatic carbocycles. The molecule has 0 spiro atoms. The zero-order valence-electron chi connectivity index (χ0n) is 10.7. The molecule has 1 N–H and O–H groups in total. The van der Waals surface area contributed by atoms with Gasteiger partial charge in [-0.05, 0) is 12.0 Å². The summed E-state index contributed by atoms with van der Waals surface area (Å²) >= 11 is 0. The molecule has 18 heavy (non-hydrogen) atoms. The van der Waals surface area contributed by atoms with Gasteiger partial charge in [-0.25, -0.2) is 9.59 Å². The van der Waals surface area contributed by atoms with E-state index in [1.165, 1.54) is 14.2 Å². The summed E-state index contributed by atoms with van der Waals surface area (Å²) in [4.78, 5) is 23.5. The fourth-order valence-electron chi connectivity index (χ4n) is 1.80. The van der Waals surface area contributed by atoms with E-state index in [9.17, 15) is 9.59 Å². The van der Waals surface area contributed by atoms with Gasteiger partial charge in [-0.1, -0.05) is 37.3 Å². The van der Waals surface area contributed by atoms with Crippen molar-refractivity contribution >= 4 is 12.1 Å². The first-order valence-corrected chi connectivity index (χ1v) is 5.60. The lowest BCUT2D eigenvalue weighted by Gasteiger charge is -2.30. The lowest BCUT2D eigenvalue weighted by Crippen LogP contribution is -2.52. The third kappa shape index (κ3) is 2.61. The van der Waals surface area contributed by atoms with Gasteiger partial charge in [0.05, 0.1) is 14.2 Å². The van der Waals surface area contributed by atoms with Gasteiger partial charge in [0.2, 0.25) is 0 Å². The van der Waals surface area contributed by atoms with Crippen molar-refractivity contribution in [2.45, 2.75) is 18.9 Å². The van der Waals surface area contributed by atoms with E-state index in [1.54, 1.807) is 31.2 Å². The number of hydrogen-bond acceptors (Lipinski definition) is 4. The zero-order valence-corrected chi connectivity index (χ0v) is 10.7. The molecule has 1 atom stereocenters. The first kappa shape index (κ1) is 14.0. The number of esters is 1. The van der Waals surface area contributed by atoms with Crippen molar-refractivity contribution in [2.75, 3.05) is 14.2 Å². The average Bonchev–Trinajstić information content (AvgIpc) is 2.44. The summed E-state index contributed by atoms with van der Waals surface area (Å²) in [7, 11) is 2.53. The average molecular weight is 251 g/mol. The molecular weight excluding hydrogens is 234 g/mol. The molecule has 5 nitrogen and oxygen atoms in total. The molecule has 0 bridgehead atoms. The Bertz CT molecular complexity index is 418. The summed E-state index contributed by atoms with van der Waals surface area (Å²) in [6, 6.07) is 8.94. The number of hydrogen-bond donors (Lipinski definition) is 1. The molecule has 1 rings (SSSR count). The van der Waals surface area contributed by atoms with Gasteiger partial charge in [-0.15, -0.1) is 0 Å². The van der Waals surface area contributed by atoms with E-state index in [0.717, 1.165) is 0 Å². The highest BCUT2D eigenvalue weighted by molar-refractivity contribution is 5.87. The lowest BCUT2D eigenvalue weighted by molar-refractivity contribution is -0.149. The predicted octanol–water partition coefficient (Wildman–Crippen LogP) is 1.82. The van der Waals surface area contributed by atoms with Crippen molar-refractivity contribution in [2.24, 2.45) is 0 Å². The molecule has 0 fully saturated rings. The molecular formula is C13H17NO4. The summed E-state index contributed by atoms with van der Waals surface area (Å²) in [5.74, 6) is -0.526. The van der Waals surface area contributed by atoms with E-state index in [1.807, 2.05) is 6.07 Å². The molecule has 0 aromatic heterocycles. The lowest BCUT2D eigenvalue weighted by atomic mass is 9.87. The van der Waals surface area contributed by atoms with Gasteiger partial charge in [0.1, 0.15) is 0 Å². The van der Waals surface area contributed by atoms with Gasteiger partial charge in [-0.3, -0.25) is 0 Å². The molecule has 0 saturated heterocycles. The van der Waals surface area contributed by atoms with Crippen LogP contribution in [0.15, 0.2) is 30.3 Å². The molecule has 0 aliphatic rings. The molecule has 98 valence electrons. The summed E-state index contributed by atoms with van der Waals surface area (Å²) < 4.78 is 9.36. The van der Waals surface area contributed by atoms with Gasteiger partial charge in [-0.2, -0.15) is 0 Å². The molecule has 1 amide bonds. The Labute approximate surface area is 106 Å². The van der Waals surface area contributed by atoms with Crippen molar-refractivity contribution in [3.05, 3.63) is 35.9 Å². The maximum Gasteiger partial charge on any atom is 0.408 e. The SMILES string of the molecule is CC[C@](NC(=O)OC)(C(=O)OC)c1ccccc1. The summed E-state index contributed by atoms with van der Waals surface area (Å²) in [6.45, 7) is 1.79. The second-order valence-electron chi connectivity index (χ2n) is 3.73. The smallest absolute Gasteiger partial charge is 0.408 e. The van der Waals surface area contributed by atoms with E-state index in [4.69, 9.17) is 4.74 Å². The van der Waals surface area contributed by atoms with Crippen LogP contribution in [-0.4, -0.2) is 26.3 Å². The van der Waals surface area contributed by atoms with Crippen molar-refractivity contribution in [1.29, 1.82) is 0 Å². The second-order valence-corrected chi connectivity index (χ2v) is 3.73. The molecule has 0 saturated carbocycles. The number of amides is 1. The summed E-state index contributed by atoms with van der Waals surface area (Å²) in [5, 5.41) is 2.56. The molecule has 1 aromatic carbocycles. The molecule has 5 heteroatoms. The Morgan fingerprint density at radius 1 is 1.17 bits per heavy atom. The van der Waals surface area contributed by atoms with E-state index >= 15 is 0 Å². The number of carbonyl (C=O) groups is 2. The first-order valence-electron chi connectivity index (χ1n) is 5.60. The van der Waals surface area contributed by atoms with E-state index in [0.29, 0.717) is 12.0 Å². The number of rotatable bonds is 4. The zero-order chi connectivity index (χ0) is 13.6. The van der Waals surface area contributed by atoms with Crippen molar-refractivity contribution in [1.82, 2.24) is 5.32 Å². The van der Waals surface area contributed by atoms with Crippen molar-refractivity contribution in [3.63, 3.8) is 0 Å². The monoisotopic (exact) mass is 251 g/mol. The van der Waals surface area contributed by atoms with Crippen LogP contribution in [0, 0.1) is 0 Å². The predicted molar refractivity (Wildman–Crippen MR) is 66.0 cm³/mol. The van der Waals surface area contributed by atoms with Crippen LogP contribution in [0.1, 0.15) is 18.9 Å². The highest BCUT2D eigenvalue weighted by atomic mass is 16.5. The topological polar surface area (TPSA) is 64.6 Å². The van der Waals surface area contributed by atoms with Gasteiger partial charge in [0, 0.05) is 0 Å². The van der Waals surface area contributed by atoms with Crippen LogP contribution >= 0.6 is 0 Å². The van der Waals surface area contributed by atoms with Crippen molar-refractivity contribution in [3.8, 4) is 0 Å². The molecule has 1 aromatic rings. The van der Waals surface area contributed by atoms with Crippen molar-refractivity contribution < 1.29 is 19.1 Å². The standard InChI is InChI=1S/C13H17NO4/c1-4-13(11(15)17-2,14-12(16)18-3)10-8-6-5-7-9-10/h5-9H,4H2,1-3H3,(H,14,16)/t13-/m1/s1. The normalized spacial score (nSPS) is 13.3. The maximum absolute atomic E-state index is 12.0. The minimum atomic E-state index is -1.22. The fraction of sp³-hybridized carbons (Fsp3) is 0.385. The number of nitrogens with one attached hydrogen (secondary N) is 1. The Morgan fingerprint density at radius 2 is 1.78 bits per heavy atom. The Kier molecular flexibility index (Phi) is 4.71. The number of carbonyl (C=O) groups excluding carboxylic acids is 2. The van der Waals surface area contributed by atoms with Crippen LogP contribution in [0.5, 0.6) is 0 Å². The van der Waals surface area contributed by atoms with E-state index in [2.05, 4.69) is 10.1 Å². The third-order valence-electron chi connectivity index (χ3n) is 2.83. The molecule has 0 unspecified atom stereocenters. The van der Waals surface area contributed by atoms with Crippen LogP contribution in [0.2, 0.25) is 0 Å². The number of methoxy groups -OCH3 is 2. The Hall–Kier alpha value is -2.04. The van der Waals surface area contributed by atoms with Crippen LogP contribution in [0.25, 0.3) is 0 Å². The highest BCUT2D eigenvalue weighted by Crippen LogP contribution is 2.26. The minimum Gasteiger partial charge on any atom is -0.467 e. The number of alkyl carbamates (subject to hydrolysis) is 1. The number of ether oxygens (including phenoxy) is 2. The van der Waals surface area contributed by atoms with Crippen LogP contribution in [0.3, 0.4) is 0 Å².